The Morgan fingerprint density at radius 3 is 2.74 bits per heavy atom. The third-order valence-corrected chi connectivity index (χ3v) is 3.92. The fourth-order valence-electron chi connectivity index (χ4n) is 2.38. The number of piperidine rings is 1. The molecule has 5 heteroatoms. The molecule has 2 rings (SSSR count). The first-order valence-corrected chi connectivity index (χ1v) is 7.21. The molecule has 1 saturated heterocycles. The Hall–Kier alpha value is -1.36. The number of hydrogen-bond donors (Lipinski definition) is 1. The Labute approximate surface area is 119 Å². The summed E-state index contributed by atoms with van der Waals surface area (Å²) in [5, 5.41) is 0. The zero-order chi connectivity index (χ0) is 13.8. The largest absolute Gasteiger partial charge is 0.393 e. The van der Waals surface area contributed by atoms with Gasteiger partial charge in [0.1, 0.15) is 0 Å². The van der Waals surface area contributed by atoms with Gasteiger partial charge in [-0.2, -0.15) is 0 Å². The summed E-state index contributed by atoms with van der Waals surface area (Å²) in [5.41, 5.74) is 6.62. The summed E-state index contributed by atoms with van der Waals surface area (Å²) in [6, 6.07) is 3.54. The summed E-state index contributed by atoms with van der Waals surface area (Å²) in [7, 11) is 0. The topological polar surface area (TPSA) is 51.3 Å². The van der Waals surface area contributed by atoms with Crippen LogP contribution in [0.25, 0.3) is 0 Å². The number of aryl methyl sites for hydroxylation is 1. The maximum absolute atomic E-state index is 11.8. The molecule has 0 radical (unpaired) electrons. The number of aromatic nitrogens is 1. The molecule has 104 valence electrons. The molecular formula is C14H21N3OS. The molecule has 0 bridgehead atoms. The first-order valence-electron chi connectivity index (χ1n) is 6.80. The number of hydrogen-bond acceptors (Lipinski definition) is 3. The molecule has 1 aromatic rings. The maximum atomic E-state index is 11.8. The van der Waals surface area contributed by atoms with Crippen molar-refractivity contribution in [2.75, 3.05) is 18.0 Å². The number of rotatable bonds is 4. The zero-order valence-electron chi connectivity index (χ0n) is 11.3. The van der Waals surface area contributed by atoms with Crippen LogP contribution in [0.5, 0.6) is 0 Å². The molecule has 1 aliphatic rings. The van der Waals surface area contributed by atoms with Crippen molar-refractivity contribution in [1.82, 2.24) is 4.57 Å². The van der Waals surface area contributed by atoms with Crippen molar-refractivity contribution < 1.29 is 0 Å². The third-order valence-electron chi connectivity index (χ3n) is 3.72. The van der Waals surface area contributed by atoms with Crippen molar-refractivity contribution in [3.05, 3.63) is 28.7 Å². The van der Waals surface area contributed by atoms with E-state index in [1.54, 1.807) is 10.6 Å². The van der Waals surface area contributed by atoms with Crippen molar-refractivity contribution in [3.63, 3.8) is 0 Å². The van der Waals surface area contributed by atoms with Crippen LogP contribution >= 0.6 is 12.2 Å². The van der Waals surface area contributed by atoms with E-state index >= 15 is 0 Å². The van der Waals surface area contributed by atoms with Crippen molar-refractivity contribution in [2.24, 2.45) is 11.7 Å². The minimum Gasteiger partial charge on any atom is -0.393 e. The Kier molecular flexibility index (Phi) is 4.58. The zero-order valence-corrected chi connectivity index (χ0v) is 12.2. The van der Waals surface area contributed by atoms with E-state index in [9.17, 15) is 4.79 Å². The fraction of sp³-hybridized carbons (Fsp3) is 0.571. The second-order valence-corrected chi connectivity index (χ2v) is 5.83. The van der Waals surface area contributed by atoms with Crippen molar-refractivity contribution in [2.45, 2.75) is 32.7 Å². The molecule has 0 aliphatic carbocycles. The van der Waals surface area contributed by atoms with E-state index < -0.39 is 0 Å². The summed E-state index contributed by atoms with van der Waals surface area (Å²) in [5.74, 6) is 0.803. The number of nitrogens with zero attached hydrogens (tertiary/aromatic N) is 2. The Balaban J connectivity index is 2.11. The van der Waals surface area contributed by atoms with Gasteiger partial charge >= 0.3 is 0 Å². The lowest BCUT2D eigenvalue weighted by molar-refractivity contribution is 0.437. The van der Waals surface area contributed by atoms with Crippen LogP contribution in [-0.2, 0) is 6.54 Å². The van der Waals surface area contributed by atoms with Crippen LogP contribution in [-0.4, -0.2) is 22.6 Å². The van der Waals surface area contributed by atoms with Gasteiger partial charge in [0.05, 0.1) is 10.7 Å². The van der Waals surface area contributed by atoms with Gasteiger partial charge in [0.25, 0.3) is 5.56 Å². The van der Waals surface area contributed by atoms with Crippen molar-refractivity contribution in [3.8, 4) is 0 Å². The molecule has 4 nitrogen and oxygen atoms in total. The molecule has 2 heterocycles. The van der Waals surface area contributed by atoms with Gasteiger partial charge in [-0.25, -0.2) is 0 Å². The Morgan fingerprint density at radius 2 is 2.11 bits per heavy atom. The molecule has 2 N–H and O–H groups in total. The monoisotopic (exact) mass is 279 g/mol. The van der Waals surface area contributed by atoms with Gasteiger partial charge in [0.2, 0.25) is 0 Å². The van der Waals surface area contributed by atoms with E-state index in [0.717, 1.165) is 24.7 Å². The Morgan fingerprint density at radius 1 is 1.42 bits per heavy atom. The van der Waals surface area contributed by atoms with Gasteiger partial charge in [0.15, 0.2) is 0 Å². The van der Waals surface area contributed by atoms with E-state index in [1.807, 2.05) is 12.3 Å². The predicted octanol–water partition coefficient (Wildman–Crippen LogP) is 1.76. The van der Waals surface area contributed by atoms with Gasteiger partial charge in [0, 0.05) is 38.3 Å². The summed E-state index contributed by atoms with van der Waals surface area (Å²) >= 11 is 4.86. The van der Waals surface area contributed by atoms with Crippen LogP contribution in [0.2, 0.25) is 0 Å². The molecule has 1 aliphatic heterocycles. The minimum absolute atomic E-state index is 0.00498. The summed E-state index contributed by atoms with van der Waals surface area (Å²) in [6.07, 6.45) is 4.92. The van der Waals surface area contributed by atoms with E-state index in [4.69, 9.17) is 18.0 Å². The maximum Gasteiger partial charge on any atom is 0.250 e. The molecular weight excluding hydrogens is 258 g/mol. The number of nitrogens with two attached hydrogens (primary N) is 1. The van der Waals surface area contributed by atoms with Crippen molar-refractivity contribution in [1.29, 1.82) is 0 Å². The smallest absolute Gasteiger partial charge is 0.250 e. The van der Waals surface area contributed by atoms with Gasteiger partial charge in [-0.15, -0.1) is 0 Å². The molecule has 0 spiro atoms. The molecule has 1 fully saturated rings. The third kappa shape index (κ3) is 3.80. The summed E-state index contributed by atoms with van der Waals surface area (Å²) < 4.78 is 1.70. The van der Waals surface area contributed by atoms with Gasteiger partial charge < -0.3 is 15.2 Å². The van der Waals surface area contributed by atoms with Crippen LogP contribution < -0.4 is 16.2 Å². The Bertz CT molecular complexity index is 504. The van der Waals surface area contributed by atoms with E-state index in [2.05, 4.69) is 11.8 Å². The van der Waals surface area contributed by atoms with Crippen LogP contribution in [0, 0.1) is 5.92 Å². The van der Waals surface area contributed by atoms with Crippen molar-refractivity contribution >= 4 is 22.9 Å². The highest BCUT2D eigenvalue weighted by Crippen LogP contribution is 2.21. The number of thiocarbonyl (C=S) groups is 1. The standard InChI is InChI=1S/C14H21N3OS/c1-11-4-7-16(8-5-11)12-2-3-14(18)17(10-12)9-6-13(15)19/h2-3,10-11H,4-9H2,1H3,(H2,15,19). The van der Waals surface area contributed by atoms with Crippen LogP contribution in [0.3, 0.4) is 0 Å². The predicted molar refractivity (Wildman–Crippen MR) is 82.7 cm³/mol. The second kappa shape index (κ2) is 6.19. The minimum atomic E-state index is 0.00498. The average molecular weight is 279 g/mol. The SMILES string of the molecule is CC1CCN(c2ccc(=O)n(CCC(N)=S)c2)CC1. The fourth-order valence-corrected chi connectivity index (χ4v) is 2.47. The normalized spacial score (nSPS) is 16.6. The number of pyridine rings is 1. The lowest BCUT2D eigenvalue weighted by Gasteiger charge is -2.32. The molecule has 0 aromatic carbocycles. The molecule has 19 heavy (non-hydrogen) atoms. The average Bonchev–Trinajstić information content (AvgIpc) is 2.39. The van der Waals surface area contributed by atoms with Crippen LogP contribution in [0.15, 0.2) is 23.1 Å². The highest BCUT2D eigenvalue weighted by atomic mass is 32.1. The van der Waals surface area contributed by atoms with Crippen LogP contribution in [0.1, 0.15) is 26.2 Å². The van der Waals surface area contributed by atoms with Gasteiger partial charge in [-0.3, -0.25) is 4.79 Å². The number of anilines is 1. The van der Waals surface area contributed by atoms with E-state index in [0.29, 0.717) is 18.0 Å². The highest BCUT2D eigenvalue weighted by molar-refractivity contribution is 7.80. The first kappa shape index (κ1) is 14.1. The highest BCUT2D eigenvalue weighted by Gasteiger charge is 2.16. The molecule has 0 amide bonds. The quantitative estimate of drug-likeness (QED) is 0.853. The molecule has 0 unspecified atom stereocenters. The molecule has 0 atom stereocenters. The van der Waals surface area contributed by atoms with E-state index in [1.165, 1.54) is 12.8 Å². The second-order valence-electron chi connectivity index (χ2n) is 5.30. The summed E-state index contributed by atoms with van der Waals surface area (Å²) in [4.78, 5) is 14.6. The van der Waals surface area contributed by atoms with Gasteiger partial charge in [-0.1, -0.05) is 19.1 Å². The molecule has 1 aromatic heterocycles. The first-order chi connectivity index (χ1) is 9.06. The summed E-state index contributed by atoms with van der Waals surface area (Å²) in [6.45, 7) is 4.98. The lowest BCUT2D eigenvalue weighted by atomic mass is 9.99. The lowest BCUT2D eigenvalue weighted by Crippen LogP contribution is -2.34. The van der Waals surface area contributed by atoms with E-state index in [-0.39, 0.29) is 5.56 Å². The van der Waals surface area contributed by atoms with Gasteiger partial charge in [-0.05, 0) is 24.8 Å². The van der Waals surface area contributed by atoms with Crippen LogP contribution in [0.4, 0.5) is 5.69 Å². The molecule has 0 saturated carbocycles.